The molecule has 3 heterocycles. The minimum absolute atomic E-state index is 0.0213. The third kappa shape index (κ3) is 6.11. The van der Waals surface area contributed by atoms with E-state index in [1.54, 1.807) is 18.2 Å². The molecule has 2 N–H and O–H groups in total. The van der Waals surface area contributed by atoms with Crippen LogP contribution in [0.2, 0.25) is 0 Å². The lowest BCUT2D eigenvalue weighted by Gasteiger charge is -2.34. The lowest BCUT2D eigenvalue weighted by atomic mass is 9.96. The highest BCUT2D eigenvalue weighted by Crippen LogP contribution is 2.30. The largest absolute Gasteiger partial charge is 0.451 e. The molecular formula is C24H26F3N5O3. The van der Waals surface area contributed by atoms with E-state index in [4.69, 9.17) is 9.84 Å². The van der Waals surface area contributed by atoms with Gasteiger partial charge in [0.25, 0.3) is 0 Å². The van der Waals surface area contributed by atoms with E-state index in [9.17, 15) is 18.0 Å². The molecule has 1 aliphatic rings. The van der Waals surface area contributed by atoms with Gasteiger partial charge >= 0.3 is 6.18 Å². The van der Waals surface area contributed by atoms with Crippen molar-refractivity contribution >= 4 is 22.5 Å². The van der Waals surface area contributed by atoms with Gasteiger partial charge in [-0.2, -0.15) is 13.2 Å². The number of Topliss-reactive ketones (excluding diaryl/α,β-unsaturated/α-hetero) is 1. The maximum Gasteiger partial charge on any atom is 0.451 e. The molecule has 0 radical (unpaired) electrons. The van der Waals surface area contributed by atoms with Crippen LogP contribution in [0, 0.1) is 0 Å². The molecule has 1 aliphatic heterocycles. The summed E-state index contributed by atoms with van der Waals surface area (Å²) in [7, 11) is 0. The Kier molecular flexibility index (Phi) is 7.89. The fourth-order valence-electron chi connectivity index (χ4n) is 4.19. The minimum atomic E-state index is -4.61. The minimum Gasteiger partial charge on any atom is -0.395 e. The van der Waals surface area contributed by atoms with Crippen LogP contribution in [0.3, 0.4) is 0 Å². The number of fused-ring (bicyclic) bond motifs is 1. The quantitative estimate of drug-likeness (QED) is 0.441. The van der Waals surface area contributed by atoms with Crippen molar-refractivity contribution in [1.29, 1.82) is 0 Å². The van der Waals surface area contributed by atoms with Gasteiger partial charge < -0.3 is 15.2 Å². The van der Waals surface area contributed by atoms with E-state index in [1.165, 1.54) is 12.4 Å². The third-order valence-electron chi connectivity index (χ3n) is 5.89. The molecule has 11 heteroatoms. The number of nitrogens with one attached hydrogen (secondary N) is 1. The fraction of sp³-hybridized carbons (Fsp3) is 0.417. The maximum absolute atomic E-state index is 13.2. The molecule has 0 spiro atoms. The number of hydrogen-bond acceptors (Lipinski definition) is 8. The van der Waals surface area contributed by atoms with E-state index < -0.39 is 12.0 Å². The number of carbonyl (C=O) groups excluding carboxylic acids is 1. The molecule has 1 saturated heterocycles. The summed E-state index contributed by atoms with van der Waals surface area (Å²) in [6.07, 6.45) is -1.63. The number of halogens is 3. The maximum atomic E-state index is 13.2. The molecule has 0 amide bonds. The highest BCUT2D eigenvalue weighted by atomic mass is 19.4. The smallest absolute Gasteiger partial charge is 0.395 e. The van der Waals surface area contributed by atoms with Crippen molar-refractivity contribution in [2.75, 3.05) is 44.8 Å². The summed E-state index contributed by atoms with van der Waals surface area (Å²) in [6, 6.07) is 8.59. The third-order valence-corrected chi connectivity index (χ3v) is 5.89. The fourth-order valence-corrected chi connectivity index (χ4v) is 4.19. The monoisotopic (exact) mass is 489 g/mol. The lowest BCUT2D eigenvalue weighted by Crippen LogP contribution is -2.39. The number of nitrogens with zero attached hydrogens (tertiary/aromatic N) is 4. The van der Waals surface area contributed by atoms with Crippen LogP contribution >= 0.6 is 0 Å². The van der Waals surface area contributed by atoms with Crippen LogP contribution in [-0.2, 0) is 10.9 Å². The Hall–Kier alpha value is -3.15. The molecule has 35 heavy (non-hydrogen) atoms. The van der Waals surface area contributed by atoms with Crippen molar-refractivity contribution in [2.45, 2.75) is 25.1 Å². The number of aliphatic hydroxyl groups excluding tert-OH is 1. The number of rotatable bonds is 9. The normalized spacial score (nSPS) is 15.8. The SMILES string of the molecule is O=C(CCC(c1cnc(C(F)(F)F)nc1)N1CCOCC1)c1cccc2nc(NCCO)ccc12. The predicted molar refractivity (Wildman–Crippen MR) is 123 cm³/mol. The number of anilines is 1. The average Bonchev–Trinajstić information content (AvgIpc) is 2.87. The van der Waals surface area contributed by atoms with Crippen LogP contribution in [0.5, 0.6) is 0 Å². The Balaban J connectivity index is 1.53. The second kappa shape index (κ2) is 11.1. The van der Waals surface area contributed by atoms with Crippen LogP contribution in [0.25, 0.3) is 10.9 Å². The standard InChI is InChI=1S/C24H26F3N5O3/c25-24(26,27)23-29-14-16(15-30-23)20(32-9-12-35-13-10-32)5-6-21(34)18-2-1-3-19-17(18)4-7-22(31-19)28-8-11-33/h1-4,7,14-15,20,33H,5-6,8-13H2,(H,28,31). The molecule has 1 atom stereocenters. The Morgan fingerprint density at radius 3 is 2.57 bits per heavy atom. The van der Waals surface area contributed by atoms with Gasteiger partial charge in [-0.25, -0.2) is 15.0 Å². The Morgan fingerprint density at radius 2 is 1.89 bits per heavy atom. The number of morpholine rings is 1. The number of carbonyl (C=O) groups is 1. The van der Waals surface area contributed by atoms with E-state index in [-0.39, 0.29) is 24.9 Å². The van der Waals surface area contributed by atoms with E-state index in [0.29, 0.717) is 67.1 Å². The van der Waals surface area contributed by atoms with Gasteiger partial charge in [-0.1, -0.05) is 12.1 Å². The molecule has 4 rings (SSSR count). The molecule has 1 unspecified atom stereocenters. The van der Waals surface area contributed by atoms with Gasteiger partial charge in [0.05, 0.1) is 25.3 Å². The first-order valence-corrected chi connectivity index (χ1v) is 11.4. The van der Waals surface area contributed by atoms with Crippen LogP contribution in [-0.4, -0.2) is 70.2 Å². The molecule has 1 aromatic carbocycles. The molecular weight excluding hydrogens is 463 g/mol. The van der Waals surface area contributed by atoms with Crippen molar-refractivity contribution in [3.05, 3.63) is 59.7 Å². The predicted octanol–water partition coefficient (Wildman–Crippen LogP) is 3.48. The number of aliphatic hydroxyl groups is 1. The molecule has 186 valence electrons. The Bertz CT molecular complexity index is 1150. The zero-order valence-corrected chi connectivity index (χ0v) is 19.0. The highest BCUT2D eigenvalue weighted by Gasteiger charge is 2.35. The molecule has 2 aromatic heterocycles. The summed E-state index contributed by atoms with van der Waals surface area (Å²) in [6.45, 7) is 2.56. The summed E-state index contributed by atoms with van der Waals surface area (Å²) in [5.41, 5.74) is 1.72. The second-order valence-corrected chi connectivity index (χ2v) is 8.18. The average molecular weight is 489 g/mol. The number of aromatic nitrogens is 3. The summed E-state index contributed by atoms with van der Waals surface area (Å²) in [4.78, 5) is 26.8. The number of pyridine rings is 1. The molecule has 8 nitrogen and oxygen atoms in total. The molecule has 1 fully saturated rings. The number of ketones is 1. The molecule has 3 aromatic rings. The van der Waals surface area contributed by atoms with Crippen molar-refractivity contribution in [3.8, 4) is 0 Å². The first-order valence-electron chi connectivity index (χ1n) is 11.4. The Labute approximate surface area is 200 Å². The van der Waals surface area contributed by atoms with Gasteiger partial charge in [0.15, 0.2) is 5.78 Å². The highest BCUT2D eigenvalue weighted by molar-refractivity contribution is 6.07. The van der Waals surface area contributed by atoms with Crippen molar-refractivity contribution < 1.29 is 27.8 Å². The summed E-state index contributed by atoms with van der Waals surface area (Å²) < 4.78 is 44.2. The topological polar surface area (TPSA) is 100 Å². The summed E-state index contributed by atoms with van der Waals surface area (Å²) in [5.74, 6) is -0.667. The molecule has 0 bridgehead atoms. The zero-order valence-electron chi connectivity index (χ0n) is 19.0. The number of benzene rings is 1. The second-order valence-electron chi connectivity index (χ2n) is 8.18. The van der Waals surface area contributed by atoms with Crippen molar-refractivity contribution in [2.24, 2.45) is 0 Å². The van der Waals surface area contributed by atoms with Gasteiger partial charge in [-0.3, -0.25) is 9.69 Å². The van der Waals surface area contributed by atoms with Crippen molar-refractivity contribution in [3.63, 3.8) is 0 Å². The van der Waals surface area contributed by atoms with Crippen LogP contribution in [0.15, 0.2) is 42.7 Å². The van der Waals surface area contributed by atoms with Crippen LogP contribution in [0.4, 0.5) is 19.0 Å². The van der Waals surface area contributed by atoms with E-state index in [2.05, 4.69) is 25.2 Å². The van der Waals surface area contributed by atoms with E-state index in [0.717, 1.165) is 0 Å². The number of alkyl halides is 3. The lowest BCUT2D eigenvalue weighted by molar-refractivity contribution is -0.145. The first kappa shape index (κ1) is 25.0. The zero-order chi connectivity index (χ0) is 24.8. The van der Waals surface area contributed by atoms with Gasteiger partial charge in [0, 0.05) is 61.0 Å². The first-order chi connectivity index (χ1) is 16.9. The molecule has 0 saturated carbocycles. The van der Waals surface area contributed by atoms with E-state index >= 15 is 0 Å². The van der Waals surface area contributed by atoms with Gasteiger partial charge in [-0.15, -0.1) is 0 Å². The van der Waals surface area contributed by atoms with Gasteiger partial charge in [0.1, 0.15) is 5.82 Å². The van der Waals surface area contributed by atoms with Gasteiger partial charge in [-0.05, 0) is 24.6 Å². The number of ether oxygens (including phenoxy) is 1. The van der Waals surface area contributed by atoms with Crippen molar-refractivity contribution in [1.82, 2.24) is 19.9 Å². The molecule has 0 aliphatic carbocycles. The number of hydrogen-bond donors (Lipinski definition) is 2. The van der Waals surface area contributed by atoms with Crippen LogP contribution < -0.4 is 5.32 Å². The van der Waals surface area contributed by atoms with Gasteiger partial charge in [0.2, 0.25) is 5.82 Å². The summed E-state index contributed by atoms with van der Waals surface area (Å²) >= 11 is 0. The summed E-state index contributed by atoms with van der Waals surface area (Å²) in [5, 5.41) is 12.7. The Morgan fingerprint density at radius 1 is 1.14 bits per heavy atom. The van der Waals surface area contributed by atoms with E-state index in [1.807, 2.05) is 12.1 Å². The van der Waals surface area contributed by atoms with Crippen LogP contribution in [0.1, 0.15) is 40.6 Å².